The number of pyridine rings is 1. The standard InChI is InChI=1S/C29H27Cl3F2N6O3S2/c1-29(2,18-6-8-21(30)23(32)11-18)25-15-36-28(40(25)26-24(34)12-19(33)14-35-26)44-16-17-5-7-20(13-22(17)31)45(42,43)38-27(41)37-39-9-3-4-10-39/h5-8,11-15H,3-4,9-10,16H2,1-2H3,(H2,37,38,41). The minimum Gasteiger partial charge on any atom is -0.272 e. The molecule has 2 aromatic carbocycles. The van der Waals surface area contributed by atoms with Crippen LogP contribution in [0.15, 0.2) is 64.9 Å². The summed E-state index contributed by atoms with van der Waals surface area (Å²) in [6.07, 6.45) is 4.31. The number of halogens is 5. The molecule has 16 heteroatoms. The van der Waals surface area contributed by atoms with E-state index in [9.17, 15) is 17.6 Å². The largest absolute Gasteiger partial charge is 0.343 e. The third-order valence-electron chi connectivity index (χ3n) is 7.30. The molecule has 2 aromatic heterocycles. The van der Waals surface area contributed by atoms with E-state index in [1.54, 1.807) is 29.4 Å². The Kier molecular flexibility index (Phi) is 9.97. The van der Waals surface area contributed by atoms with Crippen LogP contribution in [0.2, 0.25) is 15.1 Å². The Morgan fingerprint density at radius 1 is 0.978 bits per heavy atom. The van der Waals surface area contributed by atoms with Crippen molar-refractivity contribution < 1.29 is 22.0 Å². The second-order valence-electron chi connectivity index (χ2n) is 10.8. The number of hydrogen-bond acceptors (Lipinski definition) is 7. The minimum absolute atomic E-state index is 0.130. The monoisotopic (exact) mass is 714 g/mol. The number of thioether (sulfide) groups is 1. The third kappa shape index (κ3) is 7.39. The predicted molar refractivity (Wildman–Crippen MR) is 171 cm³/mol. The Morgan fingerprint density at radius 2 is 1.71 bits per heavy atom. The molecule has 5 rings (SSSR count). The van der Waals surface area contributed by atoms with Gasteiger partial charge in [0.1, 0.15) is 5.82 Å². The number of urea groups is 1. The van der Waals surface area contributed by atoms with Gasteiger partial charge >= 0.3 is 6.03 Å². The lowest BCUT2D eigenvalue weighted by Crippen LogP contribution is -2.47. The molecule has 0 bridgehead atoms. The highest BCUT2D eigenvalue weighted by Gasteiger charge is 2.31. The van der Waals surface area contributed by atoms with Crippen molar-refractivity contribution in [2.75, 3.05) is 13.1 Å². The number of nitrogens with one attached hydrogen (secondary N) is 2. The van der Waals surface area contributed by atoms with Crippen molar-refractivity contribution in [2.45, 2.75) is 47.9 Å². The first kappa shape index (κ1) is 33.4. The van der Waals surface area contributed by atoms with E-state index in [4.69, 9.17) is 34.8 Å². The molecule has 0 saturated carbocycles. The van der Waals surface area contributed by atoms with Gasteiger partial charge < -0.3 is 0 Å². The van der Waals surface area contributed by atoms with Crippen LogP contribution in [0, 0.1) is 11.6 Å². The summed E-state index contributed by atoms with van der Waals surface area (Å²) in [5, 5.41) is 2.82. The number of nitrogens with zero attached hydrogens (tertiary/aromatic N) is 4. The maximum absolute atomic E-state index is 15.2. The molecule has 3 heterocycles. The Morgan fingerprint density at radius 3 is 2.38 bits per heavy atom. The molecule has 1 aliphatic heterocycles. The summed E-state index contributed by atoms with van der Waals surface area (Å²) in [6.45, 7) is 5.07. The number of hydrogen-bond donors (Lipinski definition) is 2. The third-order valence-corrected chi connectivity index (χ3v) is 10.7. The van der Waals surface area contributed by atoms with E-state index in [1.807, 2.05) is 18.6 Å². The first-order valence-corrected chi connectivity index (χ1v) is 17.2. The zero-order valence-electron chi connectivity index (χ0n) is 24.0. The molecule has 9 nitrogen and oxygen atoms in total. The van der Waals surface area contributed by atoms with Gasteiger partial charge in [-0.1, -0.05) is 72.5 Å². The van der Waals surface area contributed by atoms with Gasteiger partial charge in [0.2, 0.25) is 0 Å². The van der Waals surface area contributed by atoms with Crippen molar-refractivity contribution in [1.82, 2.24) is 29.7 Å². The molecule has 4 aromatic rings. The van der Waals surface area contributed by atoms with E-state index in [2.05, 4.69) is 15.4 Å². The predicted octanol–water partition coefficient (Wildman–Crippen LogP) is 7.12. The molecule has 1 fully saturated rings. The van der Waals surface area contributed by atoms with Gasteiger partial charge in [0, 0.05) is 35.3 Å². The highest BCUT2D eigenvalue weighted by Crippen LogP contribution is 2.39. The Hall–Kier alpha value is -2.94. The van der Waals surface area contributed by atoms with Crippen LogP contribution >= 0.6 is 46.6 Å². The van der Waals surface area contributed by atoms with Crippen LogP contribution in [-0.2, 0) is 21.2 Å². The van der Waals surface area contributed by atoms with Crippen LogP contribution in [0.4, 0.5) is 13.6 Å². The van der Waals surface area contributed by atoms with Gasteiger partial charge in [-0.2, -0.15) is 0 Å². The van der Waals surface area contributed by atoms with Gasteiger partial charge in [-0.15, -0.1) is 0 Å². The maximum atomic E-state index is 15.2. The van der Waals surface area contributed by atoms with Gasteiger partial charge in [0.15, 0.2) is 16.8 Å². The zero-order valence-corrected chi connectivity index (χ0v) is 27.9. The Balaban J connectivity index is 1.42. The molecule has 238 valence electrons. The lowest BCUT2D eigenvalue weighted by Gasteiger charge is -2.27. The summed E-state index contributed by atoms with van der Waals surface area (Å²) >= 11 is 20.1. The molecule has 0 radical (unpaired) electrons. The maximum Gasteiger partial charge on any atom is 0.343 e. The van der Waals surface area contributed by atoms with Crippen molar-refractivity contribution in [2.24, 2.45) is 0 Å². The van der Waals surface area contributed by atoms with E-state index in [-0.39, 0.29) is 21.5 Å². The second kappa shape index (κ2) is 13.4. The van der Waals surface area contributed by atoms with Crippen LogP contribution in [0.25, 0.3) is 5.82 Å². The summed E-state index contributed by atoms with van der Waals surface area (Å²) in [7, 11) is -4.20. The molecule has 2 N–H and O–H groups in total. The van der Waals surface area contributed by atoms with E-state index in [0.29, 0.717) is 39.5 Å². The number of amides is 2. The number of rotatable bonds is 9. The number of carbonyl (C=O) groups is 1. The minimum atomic E-state index is -4.20. The van der Waals surface area contributed by atoms with E-state index in [1.165, 1.54) is 34.5 Å². The molecule has 0 atom stereocenters. The van der Waals surface area contributed by atoms with Gasteiger partial charge in [-0.3, -0.25) is 9.99 Å². The van der Waals surface area contributed by atoms with Crippen LogP contribution in [0.1, 0.15) is 43.5 Å². The fourth-order valence-electron chi connectivity index (χ4n) is 4.82. The number of benzene rings is 2. The molecule has 1 saturated heterocycles. The number of aromatic nitrogens is 3. The highest BCUT2D eigenvalue weighted by molar-refractivity contribution is 7.98. The van der Waals surface area contributed by atoms with Crippen molar-refractivity contribution >= 4 is 62.6 Å². The normalized spacial score (nSPS) is 14.1. The summed E-state index contributed by atoms with van der Waals surface area (Å²) in [4.78, 5) is 20.6. The van der Waals surface area contributed by atoms with Crippen LogP contribution in [0.5, 0.6) is 0 Å². The molecular formula is C29H27Cl3F2N6O3S2. The molecule has 0 aliphatic carbocycles. The van der Waals surface area contributed by atoms with E-state index >= 15 is 4.39 Å². The van der Waals surface area contributed by atoms with E-state index < -0.39 is 33.1 Å². The average molecular weight is 716 g/mol. The summed E-state index contributed by atoms with van der Waals surface area (Å²) in [5.41, 5.74) is 3.58. The first-order chi connectivity index (χ1) is 21.3. The Labute approximate surface area is 278 Å². The Bertz CT molecular complexity index is 1870. The van der Waals surface area contributed by atoms with Gasteiger partial charge in [0.05, 0.1) is 33.0 Å². The number of sulfonamides is 1. The SMILES string of the molecule is CC(C)(c1ccc(Cl)c(Cl)c1)c1cnc(SCc2ccc(S(=O)(=O)NC(=O)NN3CCCC3)cc2Cl)n1-c1ncc(F)cc1F. The van der Waals surface area contributed by atoms with Crippen LogP contribution in [0.3, 0.4) is 0 Å². The number of hydrazine groups is 1. The molecule has 0 unspecified atom stereocenters. The fraction of sp³-hybridized carbons (Fsp3) is 0.276. The van der Waals surface area contributed by atoms with Gasteiger partial charge in [-0.25, -0.2) is 41.7 Å². The van der Waals surface area contributed by atoms with Crippen molar-refractivity contribution in [3.05, 3.63) is 98.4 Å². The molecule has 0 spiro atoms. The van der Waals surface area contributed by atoms with Crippen molar-refractivity contribution in [3.63, 3.8) is 0 Å². The summed E-state index contributed by atoms with van der Waals surface area (Å²) < 4.78 is 58.1. The lowest BCUT2D eigenvalue weighted by molar-refractivity contribution is 0.202. The van der Waals surface area contributed by atoms with Crippen molar-refractivity contribution in [3.8, 4) is 5.82 Å². The molecule has 2 amide bonds. The quantitative estimate of drug-likeness (QED) is 0.178. The van der Waals surface area contributed by atoms with E-state index in [0.717, 1.165) is 30.7 Å². The molecular weight excluding hydrogens is 689 g/mol. The van der Waals surface area contributed by atoms with Crippen LogP contribution < -0.4 is 10.1 Å². The first-order valence-electron chi connectivity index (χ1n) is 13.6. The van der Waals surface area contributed by atoms with Crippen molar-refractivity contribution in [1.29, 1.82) is 0 Å². The number of imidazole rings is 1. The smallest absolute Gasteiger partial charge is 0.272 e. The second-order valence-corrected chi connectivity index (χ2v) is 14.6. The molecule has 45 heavy (non-hydrogen) atoms. The molecule has 1 aliphatic rings. The van der Waals surface area contributed by atoms with Crippen LogP contribution in [-0.4, -0.2) is 47.1 Å². The zero-order chi connectivity index (χ0) is 32.5. The average Bonchev–Trinajstić information content (AvgIpc) is 3.64. The van der Waals surface area contributed by atoms with Gasteiger partial charge in [0.25, 0.3) is 10.0 Å². The summed E-state index contributed by atoms with van der Waals surface area (Å²) in [5.74, 6) is -1.69. The highest BCUT2D eigenvalue weighted by atomic mass is 35.5. The fourth-order valence-corrected chi connectivity index (χ4v) is 7.41. The summed E-state index contributed by atoms with van der Waals surface area (Å²) in [6, 6.07) is 9.15. The lowest BCUT2D eigenvalue weighted by atomic mass is 9.81. The topological polar surface area (TPSA) is 109 Å². The number of carbonyl (C=O) groups excluding carboxylic acids is 1. The van der Waals surface area contributed by atoms with Gasteiger partial charge in [-0.05, 0) is 48.2 Å².